The number of carbonyl (C=O) groups is 2. The number of carboxylic acid groups (broad SMARTS) is 1. The first kappa shape index (κ1) is 15.3. The van der Waals surface area contributed by atoms with Gasteiger partial charge < -0.3 is 20.5 Å². The highest BCUT2D eigenvalue weighted by Crippen LogP contribution is 2.43. The number of ether oxygens (including phenoxy) is 1. The van der Waals surface area contributed by atoms with Gasteiger partial charge in [0.2, 0.25) is 5.91 Å². The zero-order valence-electron chi connectivity index (χ0n) is 12.0. The van der Waals surface area contributed by atoms with Crippen molar-refractivity contribution in [3.8, 4) is 0 Å². The molecule has 0 radical (unpaired) electrons. The van der Waals surface area contributed by atoms with Gasteiger partial charge in [-0.2, -0.15) is 0 Å². The lowest BCUT2D eigenvalue weighted by Gasteiger charge is -2.41. The maximum Gasteiger partial charge on any atom is 0.303 e. The average molecular weight is 284 g/mol. The number of hydrogen-bond donors (Lipinski definition) is 3. The molecule has 2 unspecified atom stereocenters. The Hall–Kier alpha value is -1.14. The zero-order chi connectivity index (χ0) is 14.6. The van der Waals surface area contributed by atoms with Gasteiger partial charge in [-0.1, -0.05) is 13.3 Å². The summed E-state index contributed by atoms with van der Waals surface area (Å²) >= 11 is 0. The Morgan fingerprint density at radius 2 is 2.10 bits per heavy atom. The van der Waals surface area contributed by atoms with Gasteiger partial charge >= 0.3 is 5.97 Å². The smallest absolute Gasteiger partial charge is 0.303 e. The molecule has 2 fully saturated rings. The summed E-state index contributed by atoms with van der Waals surface area (Å²) in [6, 6.07) is 0.0665. The lowest BCUT2D eigenvalue weighted by molar-refractivity contribution is -0.142. The summed E-state index contributed by atoms with van der Waals surface area (Å²) in [5.41, 5.74) is -0.228. The molecule has 20 heavy (non-hydrogen) atoms. The summed E-state index contributed by atoms with van der Waals surface area (Å²) < 4.78 is 5.36. The summed E-state index contributed by atoms with van der Waals surface area (Å²) in [5.74, 6) is -0.976. The molecule has 3 N–H and O–H groups in total. The first-order chi connectivity index (χ1) is 9.56. The molecule has 0 aromatic rings. The summed E-state index contributed by atoms with van der Waals surface area (Å²) in [4.78, 5) is 23.1. The van der Waals surface area contributed by atoms with E-state index in [0.717, 1.165) is 25.8 Å². The Morgan fingerprint density at radius 3 is 2.65 bits per heavy atom. The fourth-order valence-corrected chi connectivity index (χ4v) is 3.10. The standard InChI is InChI=1S/C14H24N2O4/c1-2-15-11-8-20-7-10(11)13(19)16-9-14(4-3-5-14)6-12(17)18/h10-11,15H,2-9H2,1H3,(H,16,19)(H,17,18). The van der Waals surface area contributed by atoms with Crippen molar-refractivity contribution in [3.63, 3.8) is 0 Å². The molecule has 1 amide bonds. The van der Waals surface area contributed by atoms with Gasteiger partial charge in [0.05, 0.1) is 25.6 Å². The number of carbonyl (C=O) groups excluding carboxylic acids is 1. The van der Waals surface area contributed by atoms with E-state index in [4.69, 9.17) is 9.84 Å². The fourth-order valence-electron chi connectivity index (χ4n) is 3.10. The van der Waals surface area contributed by atoms with Gasteiger partial charge in [0.15, 0.2) is 0 Å². The molecule has 0 aromatic carbocycles. The largest absolute Gasteiger partial charge is 0.481 e. The Morgan fingerprint density at radius 1 is 1.35 bits per heavy atom. The number of hydrogen-bond acceptors (Lipinski definition) is 4. The molecule has 1 heterocycles. The molecule has 6 nitrogen and oxygen atoms in total. The molecule has 0 bridgehead atoms. The quantitative estimate of drug-likeness (QED) is 0.629. The van der Waals surface area contributed by atoms with E-state index >= 15 is 0 Å². The number of aliphatic carboxylic acids is 1. The van der Waals surface area contributed by atoms with E-state index in [1.54, 1.807) is 0 Å². The SMILES string of the molecule is CCNC1COCC1C(=O)NCC1(CC(=O)O)CCC1. The predicted molar refractivity (Wildman–Crippen MR) is 73.3 cm³/mol. The van der Waals surface area contributed by atoms with Crippen LogP contribution in [0.5, 0.6) is 0 Å². The van der Waals surface area contributed by atoms with Crippen LogP contribution in [-0.2, 0) is 14.3 Å². The Balaban J connectivity index is 1.83. The summed E-state index contributed by atoms with van der Waals surface area (Å²) in [6.45, 7) is 4.28. The number of carboxylic acids is 1. The van der Waals surface area contributed by atoms with Crippen LogP contribution in [0.15, 0.2) is 0 Å². The van der Waals surface area contributed by atoms with Crippen LogP contribution in [0, 0.1) is 11.3 Å². The minimum absolute atomic E-state index is 0.0230. The second kappa shape index (κ2) is 6.54. The van der Waals surface area contributed by atoms with Crippen molar-refractivity contribution in [2.45, 2.75) is 38.6 Å². The molecule has 2 rings (SSSR count). The van der Waals surface area contributed by atoms with Crippen LogP contribution in [0.2, 0.25) is 0 Å². The normalized spacial score (nSPS) is 27.9. The number of amides is 1. The van der Waals surface area contributed by atoms with E-state index in [1.807, 2.05) is 6.92 Å². The third-order valence-electron chi connectivity index (χ3n) is 4.46. The highest BCUT2D eigenvalue weighted by atomic mass is 16.5. The number of rotatable bonds is 7. The van der Waals surface area contributed by atoms with E-state index in [2.05, 4.69) is 10.6 Å². The Bertz CT molecular complexity index is 368. The Labute approximate surface area is 119 Å². The molecule has 0 spiro atoms. The maximum atomic E-state index is 12.2. The molecular formula is C14H24N2O4. The second-order valence-corrected chi connectivity index (χ2v) is 5.95. The fraction of sp³-hybridized carbons (Fsp3) is 0.857. The number of nitrogens with one attached hydrogen (secondary N) is 2. The first-order valence-corrected chi connectivity index (χ1v) is 7.37. The molecule has 2 aliphatic rings. The van der Waals surface area contributed by atoms with Crippen LogP contribution in [0.25, 0.3) is 0 Å². The van der Waals surface area contributed by atoms with Crippen LogP contribution < -0.4 is 10.6 Å². The lowest BCUT2D eigenvalue weighted by Crippen LogP contribution is -2.48. The van der Waals surface area contributed by atoms with Crippen LogP contribution in [-0.4, -0.2) is 49.3 Å². The minimum Gasteiger partial charge on any atom is -0.481 e. The third-order valence-corrected chi connectivity index (χ3v) is 4.46. The maximum absolute atomic E-state index is 12.2. The zero-order valence-corrected chi connectivity index (χ0v) is 12.0. The van der Waals surface area contributed by atoms with E-state index < -0.39 is 5.97 Å². The van der Waals surface area contributed by atoms with Gasteiger partial charge in [0, 0.05) is 12.6 Å². The molecule has 1 aliphatic carbocycles. The molecular weight excluding hydrogens is 260 g/mol. The second-order valence-electron chi connectivity index (χ2n) is 5.95. The molecule has 1 saturated carbocycles. The van der Waals surface area contributed by atoms with Gasteiger partial charge in [0.25, 0.3) is 0 Å². The highest BCUT2D eigenvalue weighted by molar-refractivity contribution is 5.80. The molecule has 114 valence electrons. The van der Waals surface area contributed by atoms with E-state index in [9.17, 15) is 9.59 Å². The summed E-state index contributed by atoms with van der Waals surface area (Å²) in [5, 5.41) is 15.2. The van der Waals surface area contributed by atoms with Crippen molar-refractivity contribution in [1.82, 2.24) is 10.6 Å². The predicted octanol–water partition coefficient (Wildman–Crippen LogP) is 0.372. The van der Waals surface area contributed by atoms with Crippen molar-refractivity contribution in [2.24, 2.45) is 11.3 Å². The average Bonchev–Trinajstić information content (AvgIpc) is 2.80. The van der Waals surface area contributed by atoms with Crippen molar-refractivity contribution in [1.29, 1.82) is 0 Å². The lowest BCUT2D eigenvalue weighted by atomic mass is 9.66. The van der Waals surface area contributed by atoms with Crippen molar-refractivity contribution in [3.05, 3.63) is 0 Å². The summed E-state index contributed by atoms with van der Waals surface area (Å²) in [6.07, 6.45) is 2.97. The molecule has 1 saturated heterocycles. The molecule has 1 aliphatic heterocycles. The van der Waals surface area contributed by atoms with E-state index in [1.165, 1.54) is 0 Å². The van der Waals surface area contributed by atoms with Crippen LogP contribution in [0.4, 0.5) is 0 Å². The van der Waals surface area contributed by atoms with Crippen molar-refractivity contribution in [2.75, 3.05) is 26.3 Å². The molecule has 0 aromatic heterocycles. The Kier molecular flexibility index (Phi) is 4.99. The highest BCUT2D eigenvalue weighted by Gasteiger charge is 2.40. The van der Waals surface area contributed by atoms with Crippen LogP contribution in [0.3, 0.4) is 0 Å². The molecule has 6 heteroatoms. The van der Waals surface area contributed by atoms with Crippen molar-refractivity contribution < 1.29 is 19.4 Å². The van der Waals surface area contributed by atoms with Crippen LogP contribution in [0.1, 0.15) is 32.6 Å². The number of likely N-dealkylation sites (N-methyl/N-ethyl adjacent to an activating group) is 1. The van der Waals surface area contributed by atoms with Gasteiger partial charge in [-0.3, -0.25) is 9.59 Å². The third kappa shape index (κ3) is 3.49. The van der Waals surface area contributed by atoms with Gasteiger partial charge in [-0.25, -0.2) is 0 Å². The summed E-state index contributed by atoms with van der Waals surface area (Å²) in [7, 11) is 0. The topological polar surface area (TPSA) is 87.7 Å². The van der Waals surface area contributed by atoms with Gasteiger partial charge in [0.1, 0.15) is 0 Å². The monoisotopic (exact) mass is 284 g/mol. The molecule has 2 atom stereocenters. The minimum atomic E-state index is -0.784. The van der Waals surface area contributed by atoms with Crippen molar-refractivity contribution >= 4 is 11.9 Å². The van der Waals surface area contributed by atoms with E-state index in [-0.39, 0.29) is 29.7 Å². The van der Waals surface area contributed by atoms with Crippen LogP contribution >= 0.6 is 0 Å². The van der Waals surface area contributed by atoms with Gasteiger partial charge in [-0.05, 0) is 24.8 Å². The van der Waals surface area contributed by atoms with E-state index in [0.29, 0.717) is 19.8 Å². The first-order valence-electron chi connectivity index (χ1n) is 7.37. The van der Waals surface area contributed by atoms with Gasteiger partial charge in [-0.15, -0.1) is 0 Å².